The number of aryl methyl sites for hydroxylation is 2. The maximum atomic E-state index is 12.3. The number of aromatic amines is 1. The monoisotopic (exact) mass is 389 g/mol. The van der Waals surface area contributed by atoms with Crippen molar-refractivity contribution in [3.63, 3.8) is 0 Å². The van der Waals surface area contributed by atoms with E-state index < -0.39 is 0 Å². The predicted octanol–water partition coefficient (Wildman–Crippen LogP) is 3.30. The number of halogens is 1. The van der Waals surface area contributed by atoms with Crippen molar-refractivity contribution in [3.05, 3.63) is 43.6 Å². The molecule has 3 rings (SSSR count). The summed E-state index contributed by atoms with van der Waals surface area (Å²) in [5.41, 5.74) is 8.78. The van der Waals surface area contributed by atoms with Gasteiger partial charge >= 0.3 is 0 Å². The molecule has 1 saturated carbocycles. The van der Waals surface area contributed by atoms with Gasteiger partial charge in [-0.05, 0) is 55.9 Å². The first-order valence-electron chi connectivity index (χ1n) is 7.88. The van der Waals surface area contributed by atoms with Gasteiger partial charge in [-0.25, -0.2) is 0 Å². The van der Waals surface area contributed by atoms with E-state index >= 15 is 0 Å². The summed E-state index contributed by atoms with van der Waals surface area (Å²) in [6.45, 7) is 4.76. The van der Waals surface area contributed by atoms with E-state index in [4.69, 9.17) is 5.73 Å². The number of nitrogens with zero attached hydrogens (tertiary/aromatic N) is 2. The average Bonchev–Trinajstić information content (AvgIpc) is 3.30. The van der Waals surface area contributed by atoms with Crippen molar-refractivity contribution in [3.8, 4) is 0 Å². The number of nitrogens with one attached hydrogen (secondary N) is 2. The highest BCUT2D eigenvalue weighted by molar-refractivity contribution is 9.10. The van der Waals surface area contributed by atoms with Crippen LogP contribution in [0.25, 0.3) is 0 Å². The Morgan fingerprint density at radius 3 is 2.67 bits per heavy atom. The fourth-order valence-corrected chi connectivity index (χ4v) is 3.19. The van der Waals surface area contributed by atoms with Crippen molar-refractivity contribution >= 4 is 39.6 Å². The molecule has 0 atom stereocenters. The first-order valence-corrected chi connectivity index (χ1v) is 8.68. The molecule has 2 aromatic rings. The van der Waals surface area contributed by atoms with Crippen LogP contribution in [0.4, 0.5) is 17.5 Å². The largest absolute Gasteiger partial charge is 0.383 e. The Kier molecular flexibility index (Phi) is 4.71. The fourth-order valence-electron chi connectivity index (χ4n) is 2.51. The summed E-state index contributed by atoms with van der Waals surface area (Å²) in [7, 11) is 0. The Morgan fingerprint density at radius 1 is 1.42 bits per heavy atom. The zero-order valence-electron chi connectivity index (χ0n) is 13.7. The zero-order valence-corrected chi connectivity index (χ0v) is 15.3. The van der Waals surface area contributed by atoms with E-state index in [1.807, 2.05) is 26.0 Å². The molecule has 1 aromatic heterocycles. The first-order chi connectivity index (χ1) is 11.4. The highest BCUT2D eigenvalue weighted by Crippen LogP contribution is 2.29. The Balaban J connectivity index is 1.85. The highest BCUT2D eigenvalue weighted by Gasteiger charge is 2.21. The lowest BCUT2D eigenvalue weighted by atomic mass is 10.1. The van der Waals surface area contributed by atoms with Gasteiger partial charge in [0.05, 0.1) is 5.69 Å². The van der Waals surface area contributed by atoms with Gasteiger partial charge in [-0.15, -0.1) is 0 Å². The summed E-state index contributed by atoms with van der Waals surface area (Å²) in [6, 6.07) is 3.97. The minimum atomic E-state index is -0.294. The van der Waals surface area contributed by atoms with Gasteiger partial charge in [-0.1, -0.05) is 15.9 Å². The summed E-state index contributed by atoms with van der Waals surface area (Å²) < 4.78 is 1.00. The van der Waals surface area contributed by atoms with Gasteiger partial charge in [0.25, 0.3) is 5.56 Å². The van der Waals surface area contributed by atoms with Crippen LogP contribution in [0.1, 0.15) is 29.5 Å². The van der Waals surface area contributed by atoms with E-state index in [0.717, 1.165) is 27.8 Å². The second kappa shape index (κ2) is 6.76. The Bertz CT molecular complexity index is 832. The molecule has 0 unspecified atom stereocenters. The fraction of sp³-hybridized carbons (Fsp3) is 0.353. The van der Waals surface area contributed by atoms with E-state index in [1.165, 1.54) is 19.1 Å². The number of rotatable bonds is 5. The molecule has 1 aliphatic rings. The number of anilines is 2. The lowest BCUT2D eigenvalue weighted by molar-refractivity contribution is 0.871. The van der Waals surface area contributed by atoms with Crippen LogP contribution in [0.2, 0.25) is 0 Å². The van der Waals surface area contributed by atoms with Gasteiger partial charge in [0.15, 0.2) is 0 Å². The van der Waals surface area contributed by atoms with E-state index in [-0.39, 0.29) is 16.9 Å². The maximum absolute atomic E-state index is 12.3. The van der Waals surface area contributed by atoms with Gasteiger partial charge in [-0.3, -0.25) is 14.8 Å². The number of benzene rings is 1. The lowest BCUT2D eigenvalue weighted by Crippen LogP contribution is -2.20. The van der Waals surface area contributed by atoms with E-state index in [0.29, 0.717) is 11.9 Å². The number of nitrogen functional groups attached to an aromatic ring is 1. The smallest absolute Gasteiger partial charge is 0.263 e. The van der Waals surface area contributed by atoms with Crippen LogP contribution in [0.5, 0.6) is 0 Å². The molecular weight excluding hydrogens is 370 g/mol. The number of aromatic nitrogens is 2. The van der Waals surface area contributed by atoms with Gasteiger partial charge < -0.3 is 11.1 Å². The molecule has 1 aromatic carbocycles. The van der Waals surface area contributed by atoms with Crippen LogP contribution in [0, 0.1) is 19.8 Å². The van der Waals surface area contributed by atoms with Crippen LogP contribution in [0.3, 0.4) is 0 Å². The SMILES string of the molecule is Cc1cc(Br)cc(C)c1N=Cc1c(N)nc(NCC2CC2)[nH]c1=O. The van der Waals surface area contributed by atoms with Crippen LogP contribution in [-0.4, -0.2) is 22.7 Å². The minimum Gasteiger partial charge on any atom is -0.383 e. The maximum Gasteiger partial charge on any atom is 0.263 e. The van der Waals surface area contributed by atoms with Gasteiger partial charge in [0.1, 0.15) is 11.4 Å². The van der Waals surface area contributed by atoms with Gasteiger partial charge in [-0.2, -0.15) is 4.98 Å². The van der Waals surface area contributed by atoms with E-state index in [9.17, 15) is 4.79 Å². The standard InChI is InChI=1S/C17H20BrN5O/c1-9-5-12(18)6-10(2)14(9)20-8-13-15(19)22-17(23-16(13)24)21-7-11-3-4-11/h5-6,8,11H,3-4,7H2,1-2H3,(H4,19,21,22,23,24). The molecule has 0 radical (unpaired) electrons. The first kappa shape index (κ1) is 16.7. The molecule has 0 aliphatic heterocycles. The van der Waals surface area contributed by atoms with Crippen molar-refractivity contribution in [2.24, 2.45) is 10.9 Å². The van der Waals surface area contributed by atoms with Crippen molar-refractivity contribution in [2.45, 2.75) is 26.7 Å². The van der Waals surface area contributed by atoms with Crippen LogP contribution in [-0.2, 0) is 0 Å². The summed E-state index contributed by atoms with van der Waals surface area (Å²) in [4.78, 5) is 23.6. The number of H-pyrrole nitrogens is 1. The number of aliphatic imine (C=N–C) groups is 1. The summed E-state index contributed by atoms with van der Waals surface area (Å²) in [6.07, 6.45) is 3.93. The third-order valence-electron chi connectivity index (χ3n) is 4.02. The second-order valence-corrected chi connectivity index (χ2v) is 7.10. The third kappa shape index (κ3) is 3.84. The van der Waals surface area contributed by atoms with Gasteiger partial charge in [0.2, 0.25) is 5.95 Å². The topological polar surface area (TPSA) is 96.2 Å². The molecule has 6 nitrogen and oxygen atoms in total. The van der Waals surface area contributed by atoms with Crippen LogP contribution in [0.15, 0.2) is 26.4 Å². The summed E-state index contributed by atoms with van der Waals surface area (Å²) in [5, 5.41) is 3.12. The Morgan fingerprint density at radius 2 is 2.08 bits per heavy atom. The number of hydrogen-bond acceptors (Lipinski definition) is 5. The molecule has 1 fully saturated rings. The summed E-state index contributed by atoms with van der Waals surface area (Å²) in [5.74, 6) is 1.27. The molecule has 0 saturated heterocycles. The molecule has 1 heterocycles. The normalized spacial score (nSPS) is 14.3. The molecular formula is C17H20BrN5O. The predicted molar refractivity (Wildman–Crippen MR) is 101 cm³/mol. The van der Waals surface area contributed by atoms with Crippen LogP contribution >= 0.6 is 15.9 Å². The van der Waals surface area contributed by atoms with Crippen molar-refractivity contribution in [1.29, 1.82) is 0 Å². The quantitative estimate of drug-likeness (QED) is 0.683. The highest BCUT2D eigenvalue weighted by atomic mass is 79.9. The average molecular weight is 390 g/mol. The molecule has 4 N–H and O–H groups in total. The lowest BCUT2D eigenvalue weighted by Gasteiger charge is -2.07. The minimum absolute atomic E-state index is 0.174. The van der Waals surface area contributed by atoms with Gasteiger partial charge in [0, 0.05) is 17.2 Å². The molecule has 24 heavy (non-hydrogen) atoms. The van der Waals surface area contributed by atoms with Crippen LogP contribution < -0.4 is 16.6 Å². The zero-order chi connectivity index (χ0) is 17.3. The molecule has 126 valence electrons. The summed E-state index contributed by atoms with van der Waals surface area (Å²) >= 11 is 3.46. The molecule has 7 heteroatoms. The second-order valence-electron chi connectivity index (χ2n) is 6.18. The van der Waals surface area contributed by atoms with Crippen molar-refractivity contribution in [1.82, 2.24) is 9.97 Å². The Hall–Kier alpha value is -2.15. The van der Waals surface area contributed by atoms with Crippen molar-refractivity contribution < 1.29 is 0 Å². The number of nitrogens with two attached hydrogens (primary N) is 1. The molecule has 0 bridgehead atoms. The van der Waals surface area contributed by atoms with E-state index in [2.05, 4.69) is 36.2 Å². The molecule has 0 spiro atoms. The van der Waals surface area contributed by atoms with E-state index in [1.54, 1.807) is 0 Å². The Labute approximate surface area is 148 Å². The molecule has 0 amide bonds. The third-order valence-corrected chi connectivity index (χ3v) is 4.48. The molecule has 1 aliphatic carbocycles. The van der Waals surface area contributed by atoms with Crippen molar-refractivity contribution in [2.75, 3.05) is 17.6 Å². The number of hydrogen-bond donors (Lipinski definition) is 3.